The highest BCUT2D eigenvalue weighted by molar-refractivity contribution is 8.00. The van der Waals surface area contributed by atoms with Crippen molar-refractivity contribution < 1.29 is 4.79 Å². The molecule has 0 aliphatic carbocycles. The Morgan fingerprint density at radius 3 is 2.91 bits per heavy atom. The van der Waals surface area contributed by atoms with Crippen molar-refractivity contribution in [2.24, 2.45) is 0 Å². The normalized spacial score (nSPS) is 18.3. The largest absolute Gasteiger partial charge is 0.341 e. The van der Waals surface area contributed by atoms with Gasteiger partial charge >= 0.3 is 0 Å². The van der Waals surface area contributed by atoms with Crippen LogP contribution in [-0.2, 0) is 4.79 Å². The second-order valence-electron chi connectivity index (χ2n) is 5.00. The molecule has 0 saturated carbocycles. The number of carbonyl (C=O) groups is 1. The number of benzene rings is 1. The van der Waals surface area contributed by atoms with Crippen LogP contribution in [0.2, 0.25) is 0 Å². The summed E-state index contributed by atoms with van der Waals surface area (Å²) in [7, 11) is 0. The van der Waals surface area contributed by atoms with Gasteiger partial charge in [-0.1, -0.05) is 30.0 Å². The number of hydrogen-bond donors (Lipinski definition) is 1. The summed E-state index contributed by atoms with van der Waals surface area (Å²) >= 11 is 1.48. The summed E-state index contributed by atoms with van der Waals surface area (Å²) in [6, 6.07) is 9.76. The molecule has 4 rings (SSSR count). The smallest absolute Gasteiger partial charge is 0.240 e. The predicted molar refractivity (Wildman–Crippen MR) is 84.7 cm³/mol. The van der Waals surface area contributed by atoms with Gasteiger partial charge in [-0.3, -0.25) is 4.79 Å². The zero-order valence-electron chi connectivity index (χ0n) is 11.6. The van der Waals surface area contributed by atoms with Gasteiger partial charge in [0.1, 0.15) is 16.9 Å². The number of fused-ring (bicyclic) bond motifs is 1. The van der Waals surface area contributed by atoms with Crippen LogP contribution in [0.25, 0.3) is 11.2 Å². The first-order valence-electron chi connectivity index (χ1n) is 7.00. The molecule has 0 spiro atoms. The highest BCUT2D eigenvalue weighted by atomic mass is 32.2. The second-order valence-corrected chi connectivity index (χ2v) is 6.19. The number of nitrogens with zero attached hydrogens (tertiary/aromatic N) is 4. The molecule has 1 aromatic carbocycles. The fourth-order valence-corrected chi connectivity index (χ4v) is 3.69. The molecule has 110 valence electrons. The van der Waals surface area contributed by atoms with Crippen LogP contribution in [0.15, 0.2) is 48.0 Å². The molecule has 1 atom stereocenters. The summed E-state index contributed by atoms with van der Waals surface area (Å²) in [6.45, 7) is 0.734. The summed E-state index contributed by atoms with van der Waals surface area (Å²) in [5, 5.41) is 0.650. The lowest BCUT2D eigenvalue weighted by Gasteiger charge is -2.16. The highest BCUT2D eigenvalue weighted by Gasteiger charge is 2.34. The molecule has 1 fully saturated rings. The van der Waals surface area contributed by atoms with Gasteiger partial charge < -0.3 is 9.88 Å². The Bertz CT molecular complexity index is 819. The third-order valence-electron chi connectivity index (χ3n) is 3.67. The Labute approximate surface area is 131 Å². The van der Waals surface area contributed by atoms with Crippen LogP contribution in [0.1, 0.15) is 6.42 Å². The molecule has 1 saturated heterocycles. The highest BCUT2D eigenvalue weighted by Crippen LogP contribution is 2.34. The van der Waals surface area contributed by atoms with Gasteiger partial charge in [-0.25, -0.2) is 15.0 Å². The first-order chi connectivity index (χ1) is 10.8. The van der Waals surface area contributed by atoms with Crippen molar-refractivity contribution in [1.82, 2.24) is 19.9 Å². The van der Waals surface area contributed by atoms with Crippen molar-refractivity contribution in [2.75, 3.05) is 11.4 Å². The molecule has 3 aromatic rings. The van der Waals surface area contributed by atoms with Crippen LogP contribution >= 0.6 is 11.8 Å². The van der Waals surface area contributed by atoms with Crippen LogP contribution < -0.4 is 4.90 Å². The summed E-state index contributed by atoms with van der Waals surface area (Å²) in [4.78, 5) is 30.0. The zero-order chi connectivity index (χ0) is 14.9. The van der Waals surface area contributed by atoms with Crippen LogP contribution in [0.3, 0.4) is 0 Å². The van der Waals surface area contributed by atoms with Gasteiger partial charge in [0.05, 0.1) is 11.6 Å². The summed E-state index contributed by atoms with van der Waals surface area (Å²) in [5.41, 5.74) is 2.37. The number of H-pyrrole nitrogens is 1. The lowest BCUT2D eigenvalue weighted by atomic mass is 10.3. The number of imidazole rings is 1. The number of amides is 1. The molecule has 7 heteroatoms. The molecule has 0 unspecified atom stereocenters. The maximum absolute atomic E-state index is 12.6. The molecular formula is C15H13N5OS. The maximum atomic E-state index is 12.6. The minimum Gasteiger partial charge on any atom is -0.341 e. The van der Waals surface area contributed by atoms with E-state index in [0.29, 0.717) is 5.65 Å². The number of aromatic nitrogens is 4. The third kappa shape index (κ3) is 2.23. The van der Waals surface area contributed by atoms with Crippen molar-refractivity contribution in [3.05, 3.63) is 43.0 Å². The second kappa shape index (κ2) is 5.42. The predicted octanol–water partition coefficient (Wildman–Crippen LogP) is 2.25. The molecule has 3 heterocycles. The molecule has 22 heavy (non-hydrogen) atoms. The van der Waals surface area contributed by atoms with E-state index in [9.17, 15) is 4.79 Å². The Kier molecular flexibility index (Phi) is 3.27. The number of aromatic amines is 1. The van der Waals surface area contributed by atoms with Crippen molar-refractivity contribution in [3.63, 3.8) is 0 Å². The molecule has 2 aromatic heterocycles. The Hall–Kier alpha value is -2.41. The van der Waals surface area contributed by atoms with E-state index in [1.54, 1.807) is 6.33 Å². The summed E-state index contributed by atoms with van der Waals surface area (Å²) in [6.07, 6.45) is 3.88. The number of hydrogen-bond acceptors (Lipinski definition) is 5. The number of carbonyl (C=O) groups excluding carboxylic acids is 1. The molecule has 1 aliphatic heterocycles. The summed E-state index contributed by atoms with van der Waals surface area (Å²) < 4.78 is 0. The molecule has 6 nitrogen and oxygen atoms in total. The minimum absolute atomic E-state index is 0.124. The van der Waals surface area contributed by atoms with E-state index >= 15 is 0 Å². The molecule has 1 N–H and O–H groups in total. The number of rotatable bonds is 3. The zero-order valence-corrected chi connectivity index (χ0v) is 12.5. The number of para-hydroxylation sites is 1. The Balaban J connectivity index is 1.57. The van der Waals surface area contributed by atoms with E-state index in [0.717, 1.165) is 29.2 Å². The van der Waals surface area contributed by atoms with Crippen LogP contribution in [0.5, 0.6) is 0 Å². The maximum Gasteiger partial charge on any atom is 0.240 e. The van der Waals surface area contributed by atoms with Gasteiger partial charge in [-0.05, 0) is 18.6 Å². The average molecular weight is 311 g/mol. The number of thioether (sulfide) groups is 1. The number of nitrogens with one attached hydrogen (secondary N) is 1. The SMILES string of the molecule is O=C1[C@H](Sc2ncnc3nc[nH]c23)CCN1c1ccccc1. The van der Waals surface area contributed by atoms with Gasteiger partial charge in [0.25, 0.3) is 0 Å². The van der Waals surface area contributed by atoms with E-state index in [1.165, 1.54) is 18.1 Å². The van der Waals surface area contributed by atoms with E-state index in [1.807, 2.05) is 35.2 Å². The van der Waals surface area contributed by atoms with Crippen molar-refractivity contribution in [2.45, 2.75) is 16.7 Å². The Morgan fingerprint density at radius 1 is 1.18 bits per heavy atom. The number of anilines is 1. The summed E-state index contributed by atoms with van der Waals surface area (Å²) in [5.74, 6) is 0.127. The van der Waals surface area contributed by atoms with E-state index in [4.69, 9.17) is 0 Å². The monoisotopic (exact) mass is 311 g/mol. The van der Waals surface area contributed by atoms with E-state index in [-0.39, 0.29) is 11.2 Å². The van der Waals surface area contributed by atoms with Gasteiger partial charge in [0.2, 0.25) is 5.91 Å². The molecule has 1 amide bonds. The molecule has 1 aliphatic rings. The van der Waals surface area contributed by atoms with Crippen molar-refractivity contribution in [1.29, 1.82) is 0 Å². The van der Waals surface area contributed by atoms with Crippen LogP contribution in [0.4, 0.5) is 5.69 Å². The topological polar surface area (TPSA) is 74.8 Å². The van der Waals surface area contributed by atoms with Gasteiger partial charge in [-0.15, -0.1) is 0 Å². The minimum atomic E-state index is -0.124. The van der Waals surface area contributed by atoms with Crippen LogP contribution in [-0.4, -0.2) is 37.6 Å². The van der Waals surface area contributed by atoms with Crippen molar-refractivity contribution >= 4 is 34.5 Å². The van der Waals surface area contributed by atoms with Gasteiger partial charge in [0.15, 0.2) is 5.65 Å². The lowest BCUT2D eigenvalue weighted by molar-refractivity contribution is -0.116. The van der Waals surface area contributed by atoms with E-state index in [2.05, 4.69) is 19.9 Å². The standard InChI is InChI=1S/C15H13N5OS/c21-15-11(6-7-20(15)10-4-2-1-3-5-10)22-14-12-13(17-8-16-12)18-9-19-14/h1-5,8-9,11H,6-7H2,(H,16,17,18,19)/t11-/m1/s1. The average Bonchev–Trinajstić information content (AvgIpc) is 3.16. The Morgan fingerprint density at radius 2 is 2.05 bits per heavy atom. The fourth-order valence-electron chi connectivity index (χ4n) is 2.59. The third-order valence-corrected chi connectivity index (χ3v) is 4.92. The quantitative estimate of drug-likeness (QED) is 0.751. The van der Waals surface area contributed by atoms with Crippen molar-refractivity contribution in [3.8, 4) is 0 Å². The van der Waals surface area contributed by atoms with Gasteiger partial charge in [-0.2, -0.15) is 0 Å². The van der Waals surface area contributed by atoms with E-state index < -0.39 is 0 Å². The first-order valence-corrected chi connectivity index (χ1v) is 7.88. The van der Waals surface area contributed by atoms with Crippen LogP contribution in [0, 0.1) is 0 Å². The fraction of sp³-hybridized carbons (Fsp3) is 0.200. The molecule has 0 bridgehead atoms. The molecular weight excluding hydrogens is 298 g/mol. The molecule has 0 radical (unpaired) electrons. The lowest BCUT2D eigenvalue weighted by Crippen LogP contribution is -2.27. The van der Waals surface area contributed by atoms with Gasteiger partial charge in [0, 0.05) is 12.2 Å². The first kappa shape index (κ1) is 13.3.